The minimum atomic E-state index is -0.887. The number of aliphatic carboxylic acids is 1. The van der Waals surface area contributed by atoms with Crippen LogP contribution in [-0.4, -0.2) is 37.7 Å². The van der Waals surface area contributed by atoms with Gasteiger partial charge in [0.1, 0.15) is 16.7 Å². The minimum absolute atomic E-state index is 0.00527. The van der Waals surface area contributed by atoms with Gasteiger partial charge in [-0.25, -0.2) is 4.98 Å². The van der Waals surface area contributed by atoms with Crippen LogP contribution in [-0.2, 0) is 16.2 Å². The Morgan fingerprint density at radius 2 is 2.11 bits per heavy atom. The maximum Gasteiger partial charge on any atom is 0.303 e. The van der Waals surface area contributed by atoms with E-state index in [1.54, 1.807) is 12.3 Å². The number of carboxylic acids is 1. The number of ether oxygens (including phenoxy) is 1. The van der Waals surface area contributed by atoms with Gasteiger partial charge in [-0.1, -0.05) is 47.7 Å². The van der Waals surface area contributed by atoms with E-state index in [4.69, 9.17) is 33.7 Å². The van der Waals surface area contributed by atoms with Crippen molar-refractivity contribution in [1.29, 1.82) is 0 Å². The quantitative estimate of drug-likeness (QED) is 0.466. The number of amides is 1. The first-order valence-electron chi connectivity index (χ1n) is 8.22. The summed E-state index contributed by atoms with van der Waals surface area (Å²) in [4.78, 5) is 30.0. The number of carbonyl (C=O) groups is 2. The molecule has 0 aliphatic carbocycles. The smallest absolute Gasteiger partial charge is 0.303 e. The molecular formula is C18H15ClN2O4S3. The normalized spacial score (nSPS) is 15.5. The van der Waals surface area contributed by atoms with Crippen LogP contribution < -0.4 is 4.74 Å². The Morgan fingerprint density at radius 3 is 2.75 bits per heavy atom. The summed E-state index contributed by atoms with van der Waals surface area (Å²) >= 11 is 13.6. The summed E-state index contributed by atoms with van der Waals surface area (Å²) in [6, 6.07) is 7.35. The van der Waals surface area contributed by atoms with Crippen LogP contribution in [0.2, 0.25) is 4.47 Å². The first-order chi connectivity index (χ1) is 13.4. The molecule has 1 N–H and O–H groups in total. The van der Waals surface area contributed by atoms with E-state index >= 15 is 0 Å². The third kappa shape index (κ3) is 5.54. The second-order valence-corrected chi connectivity index (χ2v) is 9.14. The maximum absolute atomic E-state index is 12.5. The molecule has 3 rings (SSSR count). The summed E-state index contributed by atoms with van der Waals surface area (Å²) in [7, 11) is 0. The monoisotopic (exact) mass is 454 g/mol. The number of halogens is 1. The minimum Gasteiger partial charge on any atom is -0.488 e. The van der Waals surface area contributed by atoms with Crippen LogP contribution >= 0.6 is 46.9 Å². The van der Waals surface area contributed by atoms with Gasteiger partial charge in [0.2, 0.25) is 0 Å². The molecule has 0 radical (unpaired) electrons. The molecule has 0 atom stereocenters. The van der Waals surface area contributed by atoms with Crippen LogP contribution in [0.3, 0.4) is 0 Å². The molecule has 1 fully saturated rings. The fraction of sp³-hybridized carbons (Fsp3) is 0.222. The number of carboxylic acid groups (broad SMARTS) is 1. The van der Waals surface area contributed by atoms with E-state index in [1.165, 1.54) is 28.0 Å². The van der Waals surface area contributed by atoms with Gasteiger partial charge in [-0.2, -0.15) is 0 Å². The molecule has 1 aromatic carbocycles. The Hall–Kier alpha value is -1.94. The zero-order chi connectivity index (χ0) is 20.1. The van der Waals surface area contributed by atoms with Gasteiger partial charge < -0.3 is 9.84 Å². The molecule has 1 saturated heterocycles. The van der Waals surface area contributed by atoms with E-state index in [1.807, 2.05) is 24.3 Å². The first kappa shape index (κ1) is 20.8. The molecule has 1 aliphatic heterocycles. The fourth-order valence-electron chi connectivity index (χ4n) is 2.40. The van der Waals surface area contributed by atoms with Gasteiger partial charge in [-0.3, -0.25) is 14.5 Å². The highest BCUT2D eigenvalue weighted by molar-refractivity contribution is 8.26. The summed E-state index contributed by atoms with van der Waals surface area (Å²) in [5.74, 6) is -0.382. The summed E-state index contributed by atoms with van der Waals surface area (Å²) < 4.78 is 6.62. The van der Waals surface area contributed by atoms with Crippen molar-refractivity contribution in [2.24, 2.45) is 0 Å². The zero-order valence-corrected chi connectivity index (χ0v) is 17.7. The molecule has 146 valence electrons. The lowest BCUT2D eigenvalue weighted by molar-refractivity contribution is -0.137. The van der Waals surface area contributed by atoms with Crippen LogP contribution in [0, 0.1) is 0 Å². The number of nitrogens with zero attached hydrogens (tertiary/aromatic N) is 2. The number of benzene rings is 1. The average Bonchev–Trinajstić information content (AvgIpc) is 3.19. The molecule has 2 heterocycles. The fourth-order valence-corrected chi connectivity index (χ4v) is 4.60. The van der Waals surface area contributed by atoms with Crippen molar-refractivity contribution < 1.29 is 19.4 Å². The van der Waals surface area contributed by atoms with Gasteiger partial charge in [0, 0.05) is 19.2 Å². The highest BCUT2D eigenvalue weighted by Gasteiger charge is 2.31. The topological polar surface area (TPSA) is 79.7 Å². The Kier molecular flexibility index (Phi) is 7.06. The van der Waals surface area contributed by atoms with Crippen LogP contribution in [0.5, 0.6) is 5.75 Å². The lowest BCUT2D eigenvalue weighted by Gasteiger charge is -2.13. The highest BCUT2D eigenvalue weighted by atomic mass is 35.5. The van der Waals surface area contributed by atoms with E-state index in [-0.39, 0.29) is 12.3 Å². The maximum atomic E-state index is 12.5. The number of rotatable bonds is 8. The van der Waals surface area contributed by atoms with Crippen molar-refractivity contribution in [1.82, 2.24) is 9.88 Å². The molecular weight excluding hydrogens is 440 g/mol. The standard InChI is InChI=1S/C18H15ClN2O4S3/c19-17-20-9-13(27-17)10-25-12-5-3-11(4-6-12)8-14-16(24)21(18(26)28-14)7-1-2-15(22)23/h3-6,8-9H,1-2,7,10H2,(H,22,23). The van der Waals surface area contributed by atoms with Gasteiger partial charge in [0.25, 0.3) is 5.91 Å². The van der Waals surface area contributed by atoms with Crippen molar-refractivity contribution in [3.63, 3.8) is 0 Å². The average molecular weight is 455 g/mol. The lowest BCUT2D eigenvalue weighted by atomic mass is 10.2. The Balaban J connectivity index is 1.59. The molecule has 0 saturated carbocycles. The first-order valence-corrected chi connectivity index (χ1v) is 10.6. The van der Waals surface area contributed by atoms with Gasteiger partial charge in [-0.15, -0.1) is 11.3 Å². The van der Waals surface area contributed by atoms with E-state index in [0.717, 1.165) is 10.4 Å². The van der Waals surface area contributed by atoms with Crippen molar-refractivity contribution in [2.45, 2.75) is 19.4 Å². The Morgan fingerprint density at radius 1 is 1.36 bits per heavy atom. The van der Waals surface area contributed by atoms with Crippen LogP contribution in [0.25, 0.3) is 6.08 Å². The van der Waals surface area contributed by atoms with Gasteiger partial charge in [0.05, 0.1) is 9.78 Å². The molecule has 0 spiro atoms. The second-order valence-electron chi connectivity index (χ2n) is 5.77. The molecule has 1 aliphatic rings. The summed E-state index contributed by atoms with van der Waals surface area (Å²) in [6.07, 6.45) is 3.82. The number of carbonyl (C=O) groups excluding carboxylic acids is 1. The number of hydrogen-bond acceptors (Lipinski definition) is 7. The van der Waals surface area contributed by atoms with Crippen molar-refractivity contribution in [3.8, 4) is 5.75 Å². The van der Waals surface area contributed by atoms with E-state index < -0.39 is 5.97 Å². The largest absolute Gasteiger partial charge is 0.488 e. The van der Waals surface area contributed by atoms with Gasteiger partial charge >= 0.3 is 5.97 Å². The van der Waals surface area contributed by atoms with Crippen LogP contribution in [0.4, 0.5) is 0 Å². The molecule has 1 amide bonds. The molecule has 28 heavy (non-hydrogen) atoms. The number of thiocarbonyl (C=S) groups is 1. The molecule has 0 unspecified atom stereocenters. The molecule has 6 nitrogen and oxygen atoms in total. The number of thioether (sulfide) groups is 1. The predicted molar refractivity (Wildman–Crippen MR) is 115 cm³/mol. The SMILES string of the molecule is O=C(O)CCCN1C(=O)C(=Cc2ccc(OCc3cnc(Cl)s3)cc2)SC1=S. The Labute approximate surface area is 180 Å². The number of aromatic nitrogens is 1. The second kappa shape index (κ2) is 9.51. The summed E-state index contributed by atoms with van der Waals surface area (Å²) in [5.41, 5.74) is 0.847. The Bertz CT molecular complexity index is 927. The van der Waals surface area contributed by atoms with E-state index in [2.05, 4.69) is 4.98 Å². The van der Waals surface area contributed by atoms with Crippen molar-refractivity contribution in [2.75, 3.05) is 6.54 Å². The van der Waals surface area contributed by atoms with Crippen LogP contribution in [0.1, 0.15) is 23.3 Å². The number of hydrogen-bond donors (Lipinski definition) is 1. The molecule has 2 aromatic rings. The number of thiazole rings is 1. The van der Waals surface area contributed by atoms with E-state index in [9.17, 15) is 9.59 Å². The zero-order valence-electron chi connectivity index (χ0n) is 14.5. The highest BCUT2D eigenvalue weighted by Crippen LogP contribution is 2.33. The summed E-state index contributed by atoms with van der Waals surface area (Å²) in [5, 5.41) is 8.72. The third-order valence-electron chi connectivity index (χ3n) is 3.73. The predicted octanol–water partition coefficient (Wildman–Crippen LogP) is 4.44. The molecule has 0 bridgehead atoms. The third-order valence-corrected chi connectivity index (χ3v) is 6.20. The summed E-state index contributed by atoms with van der Waals surface area (Å²) in [6.45, 7) is 0.696. The molecule has 10 heteroatoms. The van der Waals surface area contributed by atoms with Gasteiger partial charge in [-0.05, 0) is 30.2 Å². The van der Waals surface area contributed by atoms with Crippen molar-refractivity contribution >= 4 is 69.2 Å². The molecule has 1 aromatic heterocycles. The van der Waals surface area contributed by atoms with E-state index in [0.29, 0.717) is 39.0 Å². The van der Waals surface area contributed by atoms with Crippen LogP contribution in [0.15, 0.2) is 35.4 Å². The lowest BCUT2D eigenvalue weighted by Crippen LogP contribution is -2.29. The van der Waals surface area contributed by atoms with Gasteiger partial charge in [0.15, 0.2) is 4.47 Å². The van der Waals surface area contributed by atoms with Crippen molar-refractivity contribution in [3.05, 3.63) is 50.3 Å².